The van der Waals surface area contributed by atoms with Crippen molar-refractivity contribution in [2.75, 3.05) is 26.6 Å². The van der Waals surface area contributed by atoms with Crippen LogP contribution in [0.25, 0.3) is 5.69 Å². The molecule has 0 spiro atoms. The molecule has 1 heterocycles. The van der Waals surface area contributed by atoms with Crippen LogP contribution in [0.4, 0.5) is 10.1 Å². The van der Waals surface area contributed by atoms with Crippen molar-refractivity contribution in [3.05, 3.63) is 70.4 Å². The van der Waals surface area contributed by atoms with Gasteiger partial charge in [0.15, 0.2) is 22.9 Å². The van der Waals surface area contributed by atoms with Gasteiger partial charge in [-0.05, 0) is 36.4 Å². The summed E-state index contributed by atoms with van der Waals surface area (Å²) in [5.41, 5.74) is 0.0811. The summed E-state index contributed by atoms with van der Waals surface area (Å²) >= 11 is 0. The molecule has 0 radical (unpaired) electrons. The Balaban J connectivity index is 1.98. The van der Waals surface area contributed by atoms with E-state index in [2.05, 4.69) is 10.4 Å². The number of nitrogens with zero attached hydrogens (tertiary/aromatic N) is 2. The molecule has 0 saturated carbocycles. The Morgan fingerprint density at radius 1 is 0.931 bits per heavy atom. The summed E-state index contributed by atoms with van der Waals surface area (Å²) in [4.78, 5) is 25.1. The molecule has 29 heavy (non-hydrogen) atoms. The summed E-state index contributed by atoms with van der Waals surface area (Å²) in [5, 5.41) is 6.78. The van der Waals surface area contributed by atoms with Gasteiger partial charge in [-0.2, -0.15) is 9.78 Å². The van der Waals surface area contributed by atoms with Gasteiger partial charge in [0.2, 0.25) is 0 Å². The maximum Gasteiger partial charge on any atom is 0.280 e. The van der Waals surface area contributed by atoms with E-state index in [0.29, 0.717) is 22.9 Å². The summed E-state index contributed by atoms with van der Waals surface area (Å²) in [7, 11) is 4.31. The number of aromatic nitrogens is 2. The number of carbonyl (C=O) groups is 1. The van der Waals surface area contributed by atoms with Crippen LogP contribution in [0.5, 0.6) is 17.2 Å². The fourth-order valence-electron chi connectivity index (χ4n) is 2.62. The van der Waals surface area contributed by atoms with Gasteiger partial charge >= 0.3 is 0 Å². The van der Waals surface area contributed by atoms with Gasteiger partial charge in [0.1, 0.15) is 5.82 Å². The third-order valence-electron chi connectivity index (χ3n) is 4.04. The van der Waals surface area contributed by atoms with E-state index in [1.807, 2.05) is 0 Å². The molecule has 0 aliphatic heterocycles. The number of carbonyl (C=O) groups excluding carboxylic acids is 1. The van der Waals surface area contributed by atoms with Gasteiger partial charge in [-0.25, -0.2) is 4.39 Å². The van der Waals surface area contributed by atoms with Gasteiger partial charge in [-0.3, -0.25) is 9.59 Å². The van der Waals surface area contributed by atoms with Crippen LogP contribution >= 0.6 is 0 Å². The van der Waals surface area contributed by atoms with Crippen LogP contribution in [-0.2, 0) is 0 Å². The Morgan fingerprint density at radius 3 is 2.21 bits per heavy atom. The molecule has 0 bridgehead atoms. The Labute approximate surface area is 165 Å². The maximum absolute atomic E-state index is 13.2. The summed E-state index contributed by atoms with van der Waals surface area (Å²) in [6.07, 6.45) is 0. The van der Waals surface area contributed by atoms with Crippen LogP contribution in [0, 0.1) is 5.82 Å². The van der Waals surface area contributed by atoms with Crippen LogP contribution in [0.1, 0.15) is 10.5 Å². The van der Waals surface area contributed by atoms with Gasteiger partial charge in [0.05, 0.1) is 33.1 Å². The van der Waals surface area contributed by atoms with E-state index in [1.165, 1.54) is 45.6 Å². The molecule has 0 aliphatic rings. The van der Waals surface area contributed by atoms with E-state index in [4.69, 9.17) is 14.2 Å². The van der Waals surface area contributed by atoms with Gasteiger partial charge in [-0.1, -0.05) is 0 Å². The molecule has 0 atom stereocenters. The van der Waals surface area contributed by atoms with E-state index in [1.54, 1.807) is 18.2 Å². The summed E-state index contributed by atoms with van der Waals surface area (Å²) < 4.78 is 29.7. The normalized spacial score (nSPS) is 10.3. The number of halogens is 1. The van der Waals surface area contributed by atoms with Gasteiger partial charge in [0, 0.05) is 11.8 Å². The zero-order chi connectivity index (χ0) is 21.0. The van der Waals surface area contributed by atoms with Crippen molar-refractivity contribution < 1.29 is 23.4 Å². The van der Waals surface area contributed by atoms with Crippen molar-refractivity contribution in [3.8, 4) is 22.9 Å². The summed E-state index contributed by atoms with van der Waals surface area (Å²) in [5.74, 6) is -0.120. The minimum absolute atomic E-state index is 0.00587. The fourth-order valence-corrected chi connectivity index (χ4v) is 2.62. The average Bonchev–Trinajstić information content (AvgIpc) is 2.74. The molecule has 3 rings (SSSR count). The largest absolute Gasteiger partial charge is 0.494 e. The lowest BCUT2D eigenvalue weighted by Crippen LogP contribution is -2.26. The molecule has 0 unspecified atom stereocenters. The van der Waals surface area contributed by atoms with Crippen LogP contribution in [-0.4, -0.2) is 37.0 Å². The number of hydrogen-bond donors (Lipinski definition) is 1. The fraction of sp³-hybridized carbons (Fsp3) is 0.150. The first-order valence-electron chi connectivity index (χ1n) is 8.44. The second kappa shape index (κ2) is 8.42. The van der Waals surface area contributed by atoms with Crippen molar-refractivity contribution in [3.63, 3.8) is 0 Å². The van der Waals surface area contributed by atoms with E-state index in [0.717, 1.165) is 10.7 Å². The molecule has 0 fully saturated rings. The average molecular weight is 399 g/mol. The summed E-state index contributed by atoms with van der Waals surface area (Å²) in [6, 6.07) is 11.1. The van der Waals surface area contributed by atoms with Crippen LogP contribution < -0.4 is 25.1 Å². The van der Waals surface area contributed by atoms with E-state index >= 15 is 0 Å². The zero-order valence-corrected chi connectivity index (χ0v) is 15.9. The second-order valence-corrected chi connectivity index (χ2v) is 5.81. The van der Waals surface area contributed by atoms with Gasteiger partial charge in [-0.15, -0.1) is 0 Å². The number of methoxy groups -OCH3 is 3. The minimum atomic E-state index is -0.607. The molecular weight excluding hydrogens is 381 g/mol. The number of hydrogen-bond acceptors (Lipinski definition) is 6. The van der Waals surface area contributed by atoms with Crippen molar-refractivity contribution in [1.29, 1.82) is 0 Å². The predicted molar refractivity (Wildman–Crippen MR) is 104 cm³/mol. The lowest BCUT2D eigenvalue weighted by molar-refractivity contribution is 0.101. The molecule has 1 N–H and O–H groups in total. The lowest BCUT2D eigenvalue weighted by Gasteiger charge is -2.13. The number of ether oxygens (including phenoxy) is 3. The highest BCUT2D eigenvalue weighted by atomic mass is 19.1. The highest BCUT2D eigenvalue weighted by molar-refractivity contribution is 6.04. The SMILES string of the molecule is COc1ccc(NC(=O)c2nn(-c3ccc(F)cc3)c(=O)cc2OC)cc1OC. The first-order valence-corrected chi connectivity index (χ1v) is 8.44. The number of nitrogens with one attached hydrogen (secondary N) is 1. The van der Waals surface area contributed by atoms with Crippen molar-refractivity contribution in [2.24, 2.45) is 0 Å². The standard InChI is InChI=1S/C20H18FN3O5/c1-27-15-9-6-13(10-16(15)28-2)22-20(26)19-17(29-3)11-18(25)24(23-19)14-7-4-12(21)5-8-14/h4-11H,1-3H3,(H,22,26). The van der Waals surface area contributed by atoms with E-state index in [9.17, 15) is 14.0 Å². The van der Waals surface area contributed by atoms with Crippen molar-refractivity contribution in [1.82, 2.24) is 9.78 Å². The maximum atomic E-state index is 13.2. The Kier molecular flexibility index (Phi) is 5.77. The van der Waals surface area contributed by atoms with Crippen molar-refractivity contribution >= 4 is 11.6 Å². The molecule has 2 aromatic carbocycles. The molecule has 9 heteroatoms. The number of benzene rings is 2. The molecule has 150 valence electrons. The van der Waals surface area contributed by atoms with Gasteiger partial charge < -0.3 is 19.5 Å². The smallest absolute Gasteiger partial charge is 0.280 e. The molecule has 0 saturated heterocycles. The van der Waals surface area contributed by atoms with Gasteiger partial charge in [0.25, 0.3) is 11.5 Å². The topological polar surface area (TPSA) is 91.7 Å². The second-order valence-electron chi connectivity index (χ2n) is 5.81. The first-order chi connectivity index (χ1) is 14.0. The van der Waals surface area contributed by atoms with Crippen LogP contribution in [0.3, 0.4) is 0 Å². The predicted octanol–water partition coefficient (Wildman–Crippen LogP) is 2.65. The monoisotopic (exact) mass is 399 g/mol. The first kappa shape index (κ1) is 19.9. The third-order valence-corrected chi connectivity index (χ3v) is 4.04. The highest BCUT2D eigenvalue weighted by Gasteiger charge is 2.19. The van der Waals surface area contributed by atoms with Crippen molar-refractivity contribution in [2.45, 2.75) is 0 Å². The highest BCUT2D eigenvalue weighted by Crippen LogP contribution is 2.30. The van der Waals surface area contributed by atoms with Crippen LogP contribution in [0.15, 0.2) is 53.3 Å². The summed E-state index contributed by atoms with van der Waals surface area (Å²) in [6.45, 7) is 0. The number of anilines is 1. The van der Waals surface area contributed by atoms with Crippen LogP contribution in [0.2, 0.25) is 0 Å². The quantitative estimate of drug-likeness (QED) is 0.685. The molecule has 8 nitrogen and oxygen atoms in total. The Bertz CT molecular complexity index is 1100. The molecule has 3 aromatic rings. The molecule has 1 amide bonds. The Hall–Kier alpha value is -3.88. The zero-order valence-electron chi connectivity index (χ0n) is 15.9. The molecular formula is C20H18FN3O5. The number of amides is 1. The number of rotatable bonds is 6. The van der Waals surface area contributed by atoms with E-state index in [-0.39, 0.29) is 11.4 Å². The molecule has 0 aliphatic carbocycles. The minimum Gasteiger partial charge on any atom is -0.494 e. The third kappa shape index (κ3) is 4.18. The molecule has 1 aromatic heterocycles. The lowest BCUT2D eigenvalue weighted by atomic mass is 10.2. The Morgan fingerprint density at radius 2 is 1.59 bits per heavy atom. The van der Waals surface area contributed by atoms with E-state index < -0.39 is 17.3 Å².